The smallest absolute Gasteiger partial charge is 0.194 e. The van der Waals surface area contributed by atoms with Crippen LogP contribution in [-0.4, -0.2) is 49.4 Å². The van der Waals surface area contributed by atoms with Crippen molar-refractivity contribution in [3.63, 3.8) is 0 Å². The Morgan fingerprint density at radius 3 is 2.52 bits per heavy atom. The summed E-state index contributed by atoms with van der Waals surface area (Å²) in [7, 11) is -3.09. The Bertz CT molecular complexity index is 979. The van der Waals surface area contributed by atoms with E-state index in [2.05, 4.69) is 5.32 Å². The number of halogens is 1. The fourth-order valence-corrected chi connectivity index (χ4v) is 4.76. The van der Waals surface area contributed by atoms with Crippen LogP contribution >= 0.6 is 24.0 Å². The number of ether oxygens (including phenoxy) is 1. The highest BCUT2D eigenvalue weighted by Crippen LogP contribution is 2.24. The van der Waals surface area contributed by atoms with Gasteiger partial charge in [0.15, 0.2) is 15.8 Å². The van der Waals surface area contributed by atoms with Gasteiger partial charge in [-0.05, 0) is 44.0 Å². The van der Waals surface area contributed by atoms with Gasteiger partial charge in [-0.1, -0.05) is 42.5 Å². The molecular weight excluding hydrogens is 525 g/mol. The van der Waals surface area contributed by atoms with Gasteiger partial charge < -0.3 is 15.0 Å². The topological polar surface area (TPSA) is 71.0 Å². The summed E-state index contributed by atoms with van der Waals surface area (Å²) in [6.07, 6.45) is 0. The Morgan fingerprint density at radius 2 is 1.84 bits per heavy atom. The third-order valence-corrected chi connectivity index (χ3v) is 7.77. The van der Waals surface area contributed by atoms with Crippen molar-refractivity contribution in [3.05, 3.63) is 65.7 Å². The van der Waals surface area contributed by atoms with Crippen molar-refractivity contribution in [2.24, 2.45) is 4.99 Å². The molecule has 0 radical (unpaired) electrons. The average Bonchev–Trinajstić information content (AvgIpc) is 2.73. The highest BCUT2D eigenvalue weighted by molar-refractivity contribution is 14.0. The molecule has 1 aliphatic rings. The van der Waals surface area contributed by atoms with Crippen LogP contribution in [0.15, 0.2) is 59.6 Å². The quantitative estimate of drug-likeness (QED) is 0.332. The fourth-order valence-electron chi connectivity index (χ4n) is 3.39. The third-order valence-electron chi connectivity index (χ3n) is 5.24. The van der Waals surface area contributed by atoms with E-state index in [0.29, 0.717) is 26.2 Å². The van der Waals surface area contributed by atoms with E-state index >= 15 is 0 Å². The van der Waals surface area contributed by atoms with Crippen molar-refractivity contribution in [2.75, 3.05) is 25.4 Å². The molecule has 6 nitrogen and oxygen atoms in total. The molecule has 0 amide bonds. The van der Waals surface area contributed by atoms with Crippen LogP contribution in [0.5, 0.6) is 5.75 Å². The standard InChI is InChI=1S/C23H31N3O3S.HI/c1-4-24-22(26-13-14-30(27,28)23(2,3)18-26)25-16-20-11-8-12-21(15-20)29-17-19-9-6-5-7-10-19;/h5-12,15H,4,13-14,16-18H2,1-3H3,(H,24,25);1H. The van der Waals surface area contributed by atoms with Gasteiger partial charge in [0.1, 0.15) is 12.4 Å². The summed E-state index contributed by atoms with van der Waals surface area (Å²) in [5, 5.41) is 3.30. The lowest BCUT2D eigenvalue weighted by molar-refractivity contribution is 0.306. The Kier molecular flexibility index (Phi) is 9.17. The second-order valence-electron chi connectivity index (χ2n) is 8.09. The van der Waals surface area contributed by atoms with Gasteiger partial charge in [-0.25, -0.2) is 13.4 Å². The number of hydrogen-bond acceptors (Lipinski definition) is 4. The maximum absolute atomic E-state index is 12.3. The van der Waals surface area contributed by atoms with Crippen LogP contribution in [0.1, 0.15) is 31.9 Å². The van der Waals surface area contributed by atoms with E-state index in [1.165, 1.54) is 0 Å². The van der Waals surface area contributed by atoms with E-state index in [4.69, 9.17) is 9.73 Å². The van der Waals surface area contributed by atoms with Gasteiger partial charge in [0.2, 0.25) is 0 Å². The largest absolute Gasteiger partial charge is 0.489 e. The highest BCUT2D eigenvalue weighted by Gasteiger charge is 2.40. The Morgan fingerprint density at radius 1 is 1.13 bits per heavy atom. The molecule has 1 N–H and O–H groups in total. The Hall–Kier alpha value is -1.81. The summed E-state index contributed by atoms with van der Waals surface area (Å²) in [5.41, 5.74) is 2.16. The van der Waals surface area contributed by atoms with Crippen LogP contribution in [-0.2, 0) is 23.0 Å². The zero-order valence-corrected chi connectivity index (χ0v) is 21.5. The minimum atomic E-state index is -3.09. The van der Waals surface area contributed by atoms with Crippen molar-refractivity contribution < 1.29 is 13.2 Å². The first-order valence-corrected chi connectivity index (χ1v) is 12.0. The monoisotopic (exact) mass is 557 g/mol. The Labute approximate surface area is 203 Å². The van der Waals surface area contributed by atoms with Gasteiger partial charge in [-0.3, -0.25) is 0 Å². The van der Waals surface area contributed by atoms with Crippen LogP contribution < -0.4 is 10.1 Å². The van der Waals surface area contributed by atoms with E-state index in [9.17, 15) is 8.42 Å². The van der Waals surface area contributed by atoms with E-state index in [1.807, 2.05) is 66.4 Å². The van der Waals surface area contributed by atoms with Crippen LogP contribution in [0.3, 0.4) is 0 Å². The summed E-state index contributed by atoms with van der Waals surface area (Å²) >= 11 is 0. The van der Waals surface area contributed by atoms with Crippen LogP contribution in [0.2, 0.25) is 0 Å². The predicted molar refractivity (Wildman–Crippen MR) is 137 cm³/mol. The van der Waals surface area contributed by atoms with Gasteiger partial charge in [0, 0.05) is 19.6 Å². The molecule has 31 heavy (non-hydrogen) atoms. The number of nitrogens with one attached hydrogen (secondary N) is 1. The van der Waals surface area contributed by atoms with Gasteiger partial charge in [-0.15, -0.1) is 24.0 Å². The lowest BCUT2D eigenvalue weighted by atomic mass is 10.2. The minimum absolute atomic E-state index is 0. The summed E-state index contributed by atoms with van der Waals surface area (Å²) in [6, 6.07) is 18.0. The number of hydrogen-bond donors (Lipinski definition) is 1. The van der Waals surface area contributed by atoms with Gasteiger partial charge >= 0.3 is 0 Å². The molecule has 1 aliphatic heterocycles. The fraction of sp³-hybridized carbons (Fsp3) is 0.435. The molecule has 8 heteroatoms. The molecule has 0 unspecified atom stereocenters. The van der Waals surface area contributed by atoms with Crippen molar-refractivity contribution in [1.29, 1.82) is 0 Å². The summed E-state index contributed by atoms with van der Waals surface area (Å²) in [4.78, 5) is 6.80. The minimum Gasteiger partial charge on any atom is -0.489 e. The molecule has 1 saturated heterocycles. The predicted octanol–water partition coefficient (Wildman–Crippen LogP) is 3.86. The number of nitrogens with zero attached hydrogens (tertiary/aromatic N) is 2. The SMILES string of the molecule is CCNC(=NCc1cccc(OCc2ccccc2)c1)N1CCS(=O)(=O)C(C)(C)C1.I. The molecule has 2 aromatic rings. The third kappa shape index (κ3) is 6.83. The molecule has 170 valence electrons. The maximum Gasteiger partial charge on any atom is 0.194 e. The zero-order chi connectivity index (χ0) is 21.6. The van der Waals surface area contributed by atoms with Crippen molar-refractivity contribution >= 4 is 39.8 Å². The number of rotatable bonds is 6. The highest BCUT2D eigenvalue weighted by atomic mass is 127. The van der Waals surface area contributed by atoms with E-state index in [-0.39, 0.29) is 29.7 Å². The van der Waals surface area contributed by atoms with E-state index in [1.54, 1.807) is 13.8 Å². The lowest BCUT2D eigenvalue weighted by Gasteiger charge is -2.39. The molecule has 0 bridgehead atoms. The van der Waals surface area contributed by atoms with Crippen molar-refractivity contribution in [2.45, 2.75) is 38.7 Å². The van der Waals surface area contributed by atoms with Crippen LogP contribution in [0.25, 0.3) is 0 Å². The van der Waals surface area contributed by atoms with Gasteiger partial charge in [-0.2, -0.15) is 0 Å². The van der Waals surface area contributed by atoms with Gasteiger partial charge in [0.25, 0.3) is 0 Å². The molecular formula is C23H32IN3O3S. The average molecular weight is 557 g/mol. The summed E-state index contributed by atoms with van der Waals surface area (Å²) < 4.78 is 29.7. The second kappa shape index (κ2) is 11.2. The first-order valence-electron chi connectivity index (χ1n) is 10.3. The van der Waals surface area contributed by atoms with Crippen LogP contribution in [0, 0.1) is 0 Å². The molecule has 0 spiro atoms. The van der Waals surface area contributed by atoms with Gasteiger partial charge in [0.05, 0.1) is 17.0 Å². The molecule has 0 aromatic heterocycles. The molecule has 2 aromatic carbocycles. The number of aliphatic imine (C=N–C) groups is 1. The Balaban J connectivity index is 0.00000341. The molecule has 1 heterocycles. The van der Waals surface area contributed by atoms with Crippen molar-refractivity contribution in [1.82, 2.24) is 10.2 Å². The molecule has 1 fully saturated rings. The molecule has 3 rings (SSSR count). The maximum atomic E-state index is 12.3. The molecule has 0 saturated carbocycles. The van der Waals surface area contributed by atoms with Crippen molar-refractivity contribution in [3.8, 4) is 5.75 Å². The first-order chi connectivity index (χ1) is 14.3. The zero-order valence-electron chi connectivity index (χ0n) is 18.4. The van der Waals surface area contributed by atoms with Crippen LogP contribution in [0.4, 0.5) is 0 Å². The normalized spacial score (nSPS) is 17.5. The van der Waals surface area contributed by atoms with E-state index in [0.717, 1.165) is 29.4 Å². The number of guanidine groups is 1. The molecule has 0 atom stereocenters. The first kappa shape index (κ1) is 25.5. The number of benzene rings is 2. The van der Waals surface area contributed by atoms with E-state index < -0.39 is 14.6 Å². The summed E-state index contributed by atoms with van der Waals surface area (Å²) in [6.45, 7) is 8.21. The second-order valence-corrected chi connectivity index (χ2v) is 10.8. The lowest BCUT2D eigenvalue weighted by Crippen LogP contribution is -2.57. The summed E-state index contributed by atoms with van der Waals surface area (Å²) in [5.74, 6) is 1.70. The number of sulfone groups is 1. The molecule has 0 aliphatic carbocycles.